The first-order valence-corrected chi connectivity index (χ1v) is 5.03. The Morgan fingerprint density at radius 2 is 2.21 bits per heavy atom. The number of benzene rings is 1. The number of hydrogen-bond donors (Lipinski definition) is 0. The molecule has 1 aliphatic carbocycles. The molecule has 14 heavy (non-hydrogen) atoms. The Hall–Kier alpha value is -1.20. The van der Waals surface area contributed by atoms with Crippen LogP contribution in [0, 0.1) is 11.3 Å². The van der Waals surface area contributed by atoms with Gasteiger partial charge in [0.1, 0.15) is 6.07 Å². The van der Waals surface area contributed by atoms with Gasteiger partial charge in [0.25, 0.3) is 0 Å². The Kier molecular flexibility index (Phi) is 2.35. The van der Waals surface area contributed by atoms with Crippen LogP contribution in [0.4, 0.5) is 5.69 Å². The van der Waals surface area contributed by atoms with Crippen LogP contribution in [0.25, 0.3) is 0 Å². The maximum absolute atomic E-state index is 8.99. The SMILES string of the molecule is CN(c1cccc(Cl)c1C#N)C1CC1. The van der Waals surface area contributed by atoms with E-state index in [1.54, 1.807) is 6.07 Å². The van der Waals surface area contributed by atoms with Crippen LogP contribution in [-0.2, 0) is 0 Å². The zero-order valence-corrected chi connectivity index (χ0v) is 8.75. The molecule has 0 saturated heterocycles. The Morgan fingerprint density at radius 3 is 2.79 bits per heavy atom. The number of nitriles is 1. The van der Waals surface area contributed by atoms with Gasteiger partial charge in [-0.2, -0.15) is 5.26 Å². The molecule has 0 heterocycles. The van der Waals surface area contributed by atoms with Gasteiger partial charge in [0.15, 0.2) is 0 Å². The highest BCUT2D eigenvalue weighted by Gasteiger charge is 2.27. The molecule has 1 aromatic rings. The monoisotopic (exact) mass is 206 g/mol. The maximum Gasteiger partial charge on any atom is 0.103 e. The summed E-state index contributed by atoms with van der Waals surface area (Å²) < 4.78 is 0. The minimum absolute atomic E-state index is 0.539. The molecule has 2 nitrogen and oxygen atoms in total. The minimum Gasteiger partial charge on any atom is -0.370 e. The van der Waals surface area contributed by atoms with Gasteiger partial charge >= 0.3 is 0 Å². The quantitative estimate of drug-likeness (QED) is 0.744. The predicted octanol–water partition coefficient (Wildman–Crippen LogP) is 2.81. The van der Waals surface area contributed by atoms with E-state index in [2.05, 4.69) is 11.0 Å². The van der Waals surface area contributed by atoms with Crippen LogP contribution < -0.4 is 4.90 Å². The van der Waals surface area contributed by atoms with Crippen LogP contribution >= 0.6 is 11.6 Å². The molecular weight excluding hydrogens is 196 g/mol. The molecule has 0 N–H and O–H groups in total. The van der Waals surface area contributed by atoms with E-state index in [1.807, 2.05) is 19.2 Å². The predicted molar refractivity (Wildman–Crippen MR) is 57.6 cm³/mol. The number of halogens is 1. The Balaban J connectivity index is 2.41. The summed E-state index contributed by atoms with van der Waals surface area (Å²) in [5, 5.41) is 9.53. The molecule has 1 saturated carbocycles. The van der Waals surface area contributed by atoms with Gasteiger partial charge in [0.2, 0.25) is 0 Å². The standard InChI is InChI=1S/C11H11ClN2/c1-14(8-5-6-8)11-4-2-3-10(12)9(11)7-13/h2-4,8H,5-6H2,1H3. The van der Waals surface area contributed by atoms with E-state index in [9.17, 15) is 0 Å². The summed E-state index contributed by atoms with van der Waals surface area (Å²) in [6.45, 7) is 0. The van der Waals surface area contributed by atoms with E-state index in [1.165, 1.54) is 12.8 Å². The molecule has 0 radical (unpaired) electrons. The normalized spacial score (nSPS) is 14.9. The van der Waals surface area contributed by atoms with Crippen molar-refractivity contribution in [2.75, 3.05) is 11.9 Å². The fourth-order valence-corrected chi connectivity index (χ4v) is 1.79. The smallest absolute Gasteiger partial charge is 0.103 e. The van der Waals surface area contributed by atoms with Crippen molar-refractivity contribution in [1.82, 2.24) is 0 Å². The summed E-state index contributed by atoms with van der Waals surface area (Å²) in [7, 11) is 2.02. The van der Waals surface area contributed by atoms with Gasteiger partial charge in [0, 0.05) is 13.1 Å². The fourth-order valence-electron chi connectivity index (χ4n) is 1.58. The van der Waals surface area contributed by atoms with Crippen molar-refractivity contribution < 1.29 is 0 Å². The van der Waals surface area contributed by atoms with Gasteiger partial charge in [0.05, 0.1) is 16.3 Å². The molecule has 72 valence electrons. The van der Waals surface area contributed by atoms with Crippen LogP contribution in [0.15, 0.2) is 18.2 Å². The lowest BCUT2D eigenvalue weighted by molar-refractivity contribution is 0.915. The topological polar surface area (TPSA) is 27.0 Å². The highest BCUT2D eigenvalue weighted by molar-refractivity contribution is 6.32. The van der Waals surface area contributed by atoms with Gasteiger partial charge in [-0.3, -0.25) is 0 Å². The molecule has 0 atom stereocenters. The summed E-state index contributed by atoms with van der Waals surface area (Å²) >= 11 is 5.95. The second kappa shape index (κ2) is 3.51. The first-order valence-electron chi connectivity index (χ1n) is 4.65. The molecule has 3 heteroatoms. The van der Waals surface area contributed by atoms with E-state index in [0.29, 0.717) is 16.6 Å². The Bertz CT molecular complexity index is 391. The van der Waals surface area contributed by atoms with E-state index < -0.39 is 0 Å². The first kappa shape index (κ1) is 9.36. The Morgan fingerprint density at radius 1 is 1.50 bits per heavy atom. The second-order valence-electron chi connectivity index (χ2n) is 3.59. The molecule has 1 fully saturated rings. The van der Waals surface area contributed by atoms with Crippen molar-refractivity contribution >= 4 is 17.3 Å². The lowest BCUT2D eigenvalue weighted by Gasteiger charge is -2.20. The van der Waals surface area contributed by atoms with Crippen LogP contribution in [0.1, 0.15) is 18.4 Å². The highest BCUT2D eigenvalue weighted by Crippen LogP contribution is 2.34. The third-order valence-electron chi connectivity index (χ3n) is 2.58. The summed E-state index contributed by atoms with van der Waals surface area (Å²) in [5.74, 6) is 0. The van der Waals surface area contributed by atoms with Crippen molar-refractivity contribution in [3.63, 3.8) is 0 Å². The molecule has 0 amide bonds. The number of anilines is 1. The molecule has 2 rings (SSSR count). The molecule has 1 aromatic carbocycles. The van der Waals surface area contributed by atoms with Gasteiger partial charge < -0.3 is 4.90 Å². The van der Waals surface area contributed by atoms with E-state index in [0.717, 1.165) is 5.69 Å². The molecule has 0 bridgehead atoms. The van der Waals surface area contributed by atoms with Crippen LogP contribution in [0.2, 0.25) is 5.02 Å². The third kappa shape index (κ3) is 1.56. The fraction of sp³-hybridized carbons (Fsp3) is 0.364. The van der Waals surface area contributed by atoms with Crippen molar-refractivity contribution in [2.24, 2.45) is 0 Å². The zero-order chi connectivity index (χ0) is 10.1. The van der Waals surface area contributed by atoms with Crippen molar-refractivity contribution in [3.05, 3.63) is 28.8 Å². The molecule has 0 aromatic heterocycles. The molecule has 0 unspecified atom stereocenters. The molecular formula is C11H11ClN2. The molecule has 1 aliphatic rings. The van der Waals surface area contributed by atoms with Crippen LogP contribution in [0.5, 0.6) is 0 Å². The van der Waals surface area contributed by atoms with E-state index >= 15 is 0 Å². The number of rotatable bonds is 2. The summed E-state index contributed by atoms with van der Waals surface area (Å²) in [6.07, 6.45) is 2.43. The summed E-state index contributed by atoms with van der Waals surface area (Å²) in [4.78, 5) is 2.14. The second-order valence-corrected chi connectivity index (χ2v) is 4.00. The molecule has 0 spiro atoms. The number of nitrogens with zero attached hydrogens (tertiary/aromatic N) is 2. The van der Waals surface area contributed by atoms with E-state index in [4.69, 9.17) is 16.9 Å². The van der Waals surface area contributed by atoms with Gasteiger partial charge in [-0.05, 0) is 25.0 Å². The lowest BCUT2D eigenvalue weighted by atomic mass is 10.2. The van der Waals surface area contributed by atoms with Crippen LogP contribution in [0.3, 0.4) is 0 Å². The molecule has 0 aliphatic heterocycles. The zero-order valence-electron chi connectivity index (χ0n) is 8.00. The summed E-state index contributed by atoms with van der Waals surface area (Å²) in [5.41, 5.74) is 1.53. The third-order valence-corrected chi connectivity index (χ3v) is 2.89. The van der Waals surface area contributed by atoms with Crippen molar-refractivity contribution in [2.45, 2.75) is 18.9 Å². The lowest BCUT2D eigenvalue weighted by Crippen LogP contribution is -2.20. The maximum atomic E-state index is 8.99. The minimum atomic E-state index is 0.539. The van der Waals surface area contributed by atoms with Gasteiger partial charge in [-0.1, -0.05) is 17.7 Å². The van der Waals surface area contributed by atoms with Crippen molar-refractivity contribution in [1.29, 1.82) is 5.26 Å². The van der Waals surface area contributed by atoms with Crippen molar-refractivity contribution in [3.8, 4) is 6.07 Å². The largest absolute Gasteiger partial charge is 0.370 e. The highest BCUT2D eigenvalue weighted by atomic mass is 35.5. The number of hydrogen-bond acceptors (Lipinski definition) is 2. The Labute approximate surface area is 88.7 Å². The first-order chi connectivity index (χ1) is 6.74. The van der Waals surface area contributed by atoms with Gasteiger partial charge in [-0.15, -0.1) is 0 Å². The van der Waals surface area contributed by atoms with Gasteiger partial charge in [-0.25, -0.2) is 0 Å². The average molecular weight is 207 g/mol. The summed E-state index contributed by atoms with van der Waals surface area (Å²) in [6, 6.07) is 8.34. The van der Waals surface area contributed by atoms with Crippen LogP contribution in [-0.4, -0.2) is 13.1 Å². The van der Waals surface area contributed by atoms with E-state index in [-0.39, 0.29) is 0 Å². The average Bonchev–Trinajstić information content (AvgIpc) is 2.99.